The van der Waals surface area contributed by atoms with E-state index in [0.717, 1.165) is 36.1 Å². The third kappa shape index (κ3) is 7.78. The number of hydrogen-bond donors (Lipinski definition) is 0. The van der Waals surface area contributed by atoms with Gasteiger partial charge in [-0.05, 0) is 61.6 Å². The summed E-state index contributed by atoms with van der Waals surface area (Å²) in [6, 6.07) is 20.4. The molecule has 0 saturated heterocycles. The van der Waals surface area contributed by atoms with Crippen LogP contribution >= 0.6 is 0 Å². The molecule has 1 heterocycles. The van der Waals surface area contributed by atoms with Crippen molar-refractivity contribution in [2.75, 3.05) is 26.3 Å². The standard InChI is InChI=1S/C31H38FN3O3/c1-2-38-20-8-19-34(31(37)27-11-6-12-27)24-30(36)35(22-25-9-4-3-5-10-25)23-29-13-7-18-33(29)21-26-14-16-28(32)17-15-26/h3-5,7,9-10,13-18,27H,2,6,8,11-12,19-24H2,1H3. The molecule has 0 bridgehead atoms. The molecule has 1 aliphatic carbocycles. The van der Waals surface area contributed by atoms with Crippen molar-refractivity contribution in [3.8, 4) is 0 Å². The number of nitrogens with zero attached hydrogens (tertiary/aromatic N) is 3. The van der Waals surface area contributed by atoms with E-state index in [1.165, 1.54) is 12.1 Å². The van der Waals surface area contributed by atoms with Gasteiger partial charge >= 0.3 is 0 Å². The number of benzene rings is 2. The Morgan fingerprint density at radius 1 is 0.947 bits per heavy atom. The number of hydrogen-bond acceptors (Lipinski definition) is 3. The minimum atomic E-state index is -0.261. The smallest absolute Gasteiger partial charge is 0.242 e. The monoisotopic (exact) mass is 519 g/mol. The van der Waals surface area contributed by atoms with E-state index in [2.05, 4.69) is 4.57 Å². The summed E-state index contributed by atoms with van der Waals surface area (Å²) in [5, 5.41) is 0. The highest BCUT2D eigenvalue weighted by Gasteiger charge is 2.31. The molecule has 6 nitrogen and oxygen atoms in total. The van der Waals surface area contributed by atoms with E-state index in [0.29, 0.717) is 45.8 Å². The van der Waals surface area contributed by atoms with Gasteiger partial charge in [0.25, 0.3) is 0 Å². The molecule has 7 heteroatoms. The van der Waals surface area contributed by atoms with Gasteiger partial charge in [-0.15, -0.1) is 0 Å². The molecule has 38 heavy (non-hydrogen) atoms. The zero-order valence-corrected chi connectivity index (χ0v) is 22.2. The number of carbonyl (C=O) groups excluding carboxylic acids is 2. The largest absolute Gasteiger partial charge is 0.382 e. The lowest BCUT2D eigenvalue weighted by Crippen LogP contribution is -2.46. The van der Waals surface area contributed by atoms with E-state index in [-0.39, 0.29) is 30.1 Å². The van der Waals surface area contributed by atoms with Crippen molar-refractivity contribution in [1.82, 2.24) is 14.4 Å². The number of amides is 2. The molecule has 0 radical (unpaired) electrons. The van der Waals surface area contributed by atoms with E-state index < -0.39 is 0 Å². The zero-order chi connectivity index (χ0) is 26.7. The summed E-state index contributed by atoms with van der Waals surface area (Å²) in [4.78, 5) is 30.5. The van der Waals surface area contributed by atoms with Gasteiger partial charge in [0.05, 0.1) is 13.1 Å². The Bertz CT molecular complexity index is 1160. The summed E-state index contributed by atoms with van der Waals surface area (Å²) in [7, 11) is 0. The summed E-state index contributed by atoms with van der Waals surface area (Å²) in [5.41, 5.74) is 2.99. The maximum Gasteiger partial charge on any atom is 0.242 e. The average Bonchev–Trinajstić information content (AvgIpc) is 3.32. The van der Waals surface area contributed by atoms with Gasteiger partial charge in [-0.1, -0.05) is 48.9 Å². The second-order valence-corrected chi connectivity index (χ2v) is 9.93. The fourth-order valence-corrected chi connectivity index (χ4v) is 4.71. The summed E-state index contributed by atoms with van der Waals surface area (Å²) >= 11 is 0. The minimum absolute atomic E-state index is 0.0328. The van der Waals surface area contributed by atoms with Crippen molar-refractivity contribution in [2.24, 2.45) is 5.92 Å². The van der Waals surface area contributed by atoms with E-state index in [4.69, 9.17) is 4.74 Å². The van der Waals surface area contributed by atoms with Crippen LogP contribution in [0.5, 0.6) is 0 Å². The Morgan fingerprint density at radius 3 is 2.39 bits per heavy atom. The molecule has 0 N–H and O–H groups in total. The van der Waals surface area contributed by atoms with E-state index in [1.54, 1.807) is 17.0 Å². The van der Waals surface area contributed by atoms with E-state index in [9.17, 15) is 14.0 Å². The number of ether oxygens (including phenoxy) is 1. The van der Waals surface area contributed by atoms with Crippen molar-refractivity contribution >= 4 is 11.8 Å². The Balaban J connectivity index is 1.50. The molecule has 0 spiro atoms. The van der Waals surface area contributed by atoms with Crippen LogP contribution in [-0.2, 0) is 34.0 Å². The van der Waals surface area contributed by atoms with Crippen LogP contribution < -0.4 is 0 Å². The Hall–Kier alpha value is -3.45. The lowest BCUT2D eigenvalue weighted by Gasteiger charge is -2.33. The van der Waals surface area contributed by atoms with Crippen LogP contribution in [0.2, 0.25) is 0 Å². The molecule has 2 aromatic carbocycles. The highest BCUT2D eigenvalue weighted by atomic mass is 19.1. The molecule has 3 aromatic rings. The van der Waals surface area contributed by atoms with E-state index >= 15 is 0 Å². The number of rotatable bonds is 14. The predicted molar refractivity (Wildman–Crippen MR) is 146 cm³/mol. The van der Waals surface area contributed by atoms with Crippen LogP contribution in [0.15, 0.2) is 72.9 Å². The van der Waals surface area contributed by atoms with Crippen molar-refractivity contribution in [1.29, 1.82) is 0 Å². The number of carbonyl (C=O) groups is 2. The summed E-state index contributed by atoms with van der Waals surface area (Å²) < 4.78 is 20.9. The molecular weight excluding hydrogens is 481 g/mol. The van der Waals surface area contributed by atoms with Crippen LogP contribution in [0.1, 0.15) is 49.4 Å². The second kappa shape index (κ2) is 13.9. The van der Waals surface area contributed by atoms with Gasteiger partial charge in [0.15, 0.2) is 0 Å². The fraction of sp³-hybridized carbons (Fsp3) is 0.419. The van der Waals surface area contributed by atoms with Gasteiger partial charge in [0.1, 0.15) is 5.82 Å². The van der Waals surface area contributed by atoms with Gasteiger partial charge in [-0.25, -0.2) is 4.39 Å². The Labute approximate surface area is 225 Å². The van der Waals surface area contributed by atoms with Gasteiger partial charge in [0, 0.05) is 50.7 Å². The highest BCUT2D eigenvalue weighted by molar-refractivity contribution is 5.86. The first-order chi connectivity index (χ1) is 18.5. The van der Waals surface area contributed by atoms with Crippen molar-refractivity contribution in [3.63, 3.8) is 0 Å². The molecule has 1 aromatic heterocycles. The molecule has 1 aliphatic rings. The Kier molecular flexibility index (Phi) is 10.1. The van der Waals surface area contributed by atoms with Crippen molar-refractivity contribution in [3.05, 3.63) is 95.6 Å². The average molecular weight is 520 g/mol. The van der Waals surface area contributed by atoms with Gasteiger partial charge in [0.2, 0.25) is 11.8 Å². The molecule has 0 atom stereocenters. The summed E-state index contributed by atoms with van der Waals surface area (Å²) in [6.07, 6.45) is 5.56. The van der Waals surface area contributed by atoms with Gasteiger partial charge < -0.3 is 19.1 Å². The third-order valence-corrected chi connectivity index (χ3v) is 7.12. The second-order valence-electron chi connectivity index (χ2n) is 9.93. The Morgan fingerprint density at radius 2 is 1.71 bits per heavy atom. The fourth-order valence-electron chi connectivity index (χ4n) is 4.71. The van der Waals surface area contributed by atoms with Gasteiger partial charge in [-0.3, -0.25) is 9.59 Å². The predicted octanol–water partition coefficient (Wildman–Crippen LogP) is 5.26. The molecule has 4 rings (SSSR count). The lowest BCUT2D eigenvalue weighted by molar-refractivity contribution is -0.145. The molecule has 0 unspecified atom stereocenters. The van der Waals surface area contributed by atoms with Crippen LogP contribution in [-0.4, -0.2) is 52.5 Å². The lowest BCUT2D eigenvalue weighted by atomic mass is 9.84. The third-order valence-electron chi connectivity index (χ3n) is 7.12. The molecule has 1 fully saturated rings. The first-order valence-electron chi connectivity index (χ1n) is 13.6. The molecule has 202 valence electrons. The minimum Gasteiger partial charge on any atom is -0.382 e. The summed E-state index contributed by atoms with van der Waals surface area (Å²) in [6.45, 7) is 5.18. The maximum absolute atomic E-state index is 13.8. The van der Waals surface area contributed by atoms with Crippen LogP contribution in [0.3, 0.4) is 0 Å². The normalized spacial score (nSPS) is 13.2. The highest BCUT2D eigenvalue weighted by Crippen LogP contribution is 2.28. The van der Waals surface area contributed by atoms with Crippen LogP contribution in [0, 0.1) is 11.7 Å². The molecule has 2 amide bonds. The SMILES string of the molecule is CCOCCCN(CC(=O)N(Cc1ccccc1)Cc1cccn1Cc1ccc(F)cc1)C(=O)C1CCC1. The zero-order valence-electron chi connectivity index (χ0n) is 22.2. The first-order valence-corrected chi connectivity index (χ1v) is 13.6. The van der Waals surface area contributed by atoms with Crippen LogP contribution in [0.25, 0.3) is 0 Å². The molecular formula is C31H38FN3O3. The van der Waals surface area contributed by atoms with Crippen molar-refractivity contribution < 1.29 is 18.7 Å². The summed E-state index contributed by atoms with van der Waals surface area (Å²) in [5.74, 6) is -0.221. The molecule has 1 saturated carbocycles. The number of aromatic nitrogens is 1. The van der Waals surface area contributed by atoms with Gasteiger partial charge in [-0.2, -0.15) is 0 Å². The first kappa shape index (κ1) is 27.6. The quantitative estimate of drug-likeness (QED) is 0.273. The topological polar surface area (TPSA) is 54.8 Å². The maximum atomic E-state index is 13.8. The van der Waals surface area contributed by atoms with E-state index in [1.807, 2.05) is 60.5 Å². The van der Waals surface area contributed by atoms with Crippen LogP contribution in [0.4, 0.5) is 4.39 Å². The number of halogens is 1. The van der Waals surface area contributed by atoms with Crippen molar-refractivity contribution in [2.45, 2.75) is 52.2 Å². The molecule has 0 aliphatic heterocycles.